The summed E-state index contributed by atoms with van der Waals surface area (Å²) in [5.41, 5.74) is 2.97. The van der Waals surface area contributed by atoms with Gasteiger partial charge in [-0.3, -0.25) is 0 Å². The molecule has 0 bridgehead atoms. The van der Waals surface area contributed by atoms with Gasteiger partial charge in [-0.2, -0.15) is 13.2 Å². The quantitative estimate of drug-likeness (QED) is 0.603. The Kier molecular flexibility index (Phi) is 4.76. The van der Waals surface area contributed by atoms with Crippen molar-refractivity contribution in [3.8, 4) is 0 Å². The second-order valence-electron chi connectivity index (χ2n) is 5.60. The van der Waals surface area contributed by atoms with Crippen LogP contribution < -0.4 is 5.73 Å². The van der Waals surface area contributed by atoms with E-state index < -0.39 is 20.1 Å². The molecule has 1 aromatic carbocycles. The maximum absolute atomic E-state index is 13.5. The van der Waals surface area contributed by atoms with Gasteiger partial charge in [-0.1, -0.05) is 23.2 Å². The van der Waals surface area contributed by atoms with Crippen molar-refractivity contribution >= 4 is 37.2 Å². The van der Waals surface area contributed by atoms with Crippen molar-refractivity contribution in [2.75, 3.05) is 5.73 Å². The van der Waals surface area contributed by atoms with Crippen molar-refractivity contribution in [1.29, 1.82) is 0 Å². The van der Waals surface area contributed by atoms with Crippen LogP contribution in [-0.4, -0.2) is 14.5 Å². The minimum absolute atomic E-state index is 0.0258. The van der Waals surface area contributed by atoms with Gasteiger partial charge in [0.15, 0.2) is 13.9 Å². The SMILES string of the molecule is CC(O[Si](C)(C)C)(c1cc(Cl)c(N)c(Cl)c1)C(F)(F)F. The maximum Gasteiger partial charge on any atom is 0.420 e. The fourth-order valence-corrected chi connectivity index (χ4v) is 3.70. The molecule has 2 N–H and O–H groups in total. The lowest BCUT2D eigenvalue weighted by Gasteiger charge is -2.38. The summed E-state index contributed by atoms with van der Waals surface area (Å²) < 4.78 is 45.8. The summed E-state index contributed by atoms with van der Waals surface area (Å²) >= 11 is 11.7. The average molecular weight is 346 g/mol. The second-order valence-corrected chi connectivity index (χ2v) is 10.8. The highest BCUT2D eigenvalue weighted by Crippen LogP contribution is 2.46. The van der Waals surface area contributed by atoms with E-state index in [4.69, 9.17) is 33.4 Å². The lowest BCUT2D eigenvalue weighted by atomic mass is 9.95. The summed E-state index contributed by atoms with van der Waals surface area (Å²) in [6, 6.07) is 2.30. The van der Waals surface area contributed by atoms with Gasteiger partial charge in [-0.15, -0.1) is 0 Å². The third kappa shape index (κ3) is 3.61. The molecule has 2 nitrogen and oxygen atoms in total. The van der Waals surface area contributed by atoms with E-state index in [1.807, 2.05) is 0 Å². The Labute approximate surface area is 127 Å². The fourth-order valence-electron chi connectivity index (χ4n) is 1.75. The molecule has 0 spiro atoms. The zero-order chi connectivity index (χ0) is 15.9. The van der Waals surface area contributed by atoms with Gasteiger partial charge in [0.25, 0.3) is 0 Å². The molecule has 1 rings (SSSR count). The van der Waals surface area contributed by atoms with Gasteiger partial charge < -0.3 is 10.2 Å². The van der Waals surface area contributed by atoms with Crippen LogP contribution in [0.2, 0.25) is 29.7 Å². The Hall–Kier alpha value is -0.433. The molecule has 0 aliphatic carbocycles. The summed E-state index contributed by atoms with van der Waals surface area (Å²) in [4.78, 5) is 0. The van der Waals surface area contributed by atoms with E-state index in [0.29, 0.717) is 0 Å². The first-order valence-electron chi connectivity index (χ1n) is 5.80. The average Bonchev–Trinajstić information content (AvgIpc) is 2.21. The van der Waals surface area contributed by atoms with E-state index in [9.17, 15) is 13.2 Å². The number of halogens is 5. The maximum atomic E-state index is 13.5. The molecular weight excluding hydrogens is 330 g/mol. The zero-order valence-corrected chi connectivity index (χ0v) is 14.0. The number of alkyl halides is 3. The number of hydrogen-bond donors (Lipinski definition) is 1. The predicted octanol–water partition coefficient (Wildman–Crippen LogP) is 5.20. The molecule has 0 aromatic heterocycles. The molecule has 0 aliphatic heterocycles. The lowest BCUT2D eigenvalue weighted by Crippen LogP contribution is -2.48. The van der Waals surface area contributed by atoms with Crippen LogP contribution in [0.5, 0.6) is 0 Å². The largest absolute Gasteiger partial charge is 0.420 e. The van der Waals surface area contributed by atoms with Crippen molar-refractivity contribution in [2.45, 2.75) is 38.3 Å². The molecule has 0 amide bonds. The molecule has 0 radical (unpaired) electrons. The molecule has 0 aliphatic rings. The first-order chi connectivity index (χ1) is 8.78. The first kappa shape index (κ1) is 17.6. The van der Waals surface area contributed by atoms with Gasteiger partial charge in [0.05, 0.1) is 15.7 Å². The van der Waals surface area contributed by atoms with Crippen molar-refractivity contribution in [1.82, 2.24) is 0 Å². The molecule has 1 atom stereocenters. The zero-order valence-electron chi connectivity index (χ0n) is 11.5. The predicted molar refractivity (Wildman–Crippen MR) is 78.7 cm³/mol. The number of rotatable bonds is 3. The van der Waals surface area contributed by atoms with Gasteiger partial charge in [-0.05, 0) is 44.3 Å². The van der Waals surface area contributed by atoms with Crippen LogP contribution in [0.25, 0.3) is 0 Å². The number of nitrogens with two attached hydrogens (primary N) is 1. The van der Waals surface area contributed by atoms with E-state index in [0.717, 1.165) is 19.1 Å². The van der Waals surface area contributed by atoms with E-state index >= 15 is 0 Å². The van der Waals surface area contributed by atoms with Gasteiger partial charge >= 0.3 is 6.18 Å². The molecule has 0 fully saturated rings. The van der Waals surface area contributed by atoms with Crippen LogP contribution in [0.4, 0.5) is 18.9 Å². The Morgan fingerprint density at radius 1 is 1.10 bits per heavy atom. The molecule has 20 heavy (non-hydrogen) atoms. The molecule has 0 saturated carbocycles. The van der Waals surface area contributed by atoms with E-state index in [-0.39, 0.29) is 21.3 Å². The van der Waals surface area contributed by atoms with Gasteiger partial charge in [-0.25, -0.2) is 0 Å². The molecule has 114 valence electrons. The summed E-state index contributed by atoms with van der Waals surface area (Å²) in [6.07, 6.45) is -4.60. The smallest absolute Gasteiger partial charge is 0.401 e. The minimum Gasteiger partial charge on any atom is -0.401 e. The van der Waals surface area contributed by atoms with Crippen molar-refractivity contribution in [2.24, 2.45) is 0 Å². The molecule has 0 heterocycles. The van der Waals surface area contributed by atoms with E-state index in [1.165, 1.54) is 0 Å². The van der Waals surface area contributed by atoms with Crippen LogP contribution in [0, 0.1) is 0 Å². The highest BCUT2D eigenvalue weighted by Gasteiger charge is 2.55. The number of hydrogen-bond acceptors (Lipinski definition) is 2. The van der Waals surface area contributed by atoms with Crippen molar-refractivity contribution in [3.05, 3.63) is 27.7 Å². The Balaban J connectivity index is 3.47. The highest BCUT2D eigenvalue weighted by molar-refractivity contribution is 6.69. The topological polar surface area (TPSA) is 35.2 Å². The van der Waals surface area contributed by atoms with E-state index in [1.54, 1.807) is 19.6 Å². The normalized spacial score (nSPS) is 16.1. The summed E-state index contributed by atoms with van der Waals surface area (Å²) in [5, 5.41) is -0.0516. The standard InChI is InChI=1S/C12H16Cl2F3NOSi/c1-11(12(15,16)17,19-20(2,3)4)7-5-8(13)10(18)9(14)6-7/h5-6H,18H2,1-4H3. The second kappa shape index (κ2) is 5.40. The molecular formula is C12H16Cl2F3NOSi. The van der Waals surface area contributed by atoms with Gasteiger partial charge in [0, 0.05) is 0 Å². The van der Waals surface area contributed by atoms with Crippen molar-refractivity contribution < 1.29 is 17.6 Å². The van der Waals surface area contributed by atoms with Crippen LogP contribution >= 0.6 is 23.2 Å². The van der Waals surface area contributed by atoms with Gasteiger partial charge in [0.2, 0.25) is 0 Å². The number of anilines is 1. The summed E-state index contributed by atoms with van der Waals surface area (Å²) in [7, 11) is -2.47. The van der Waals surface area contributed by atoms with Crippen LogP contribution in [0.3, 0.4) is 0 Å². The van der Waals surface area contributed by atoms with Crippen molar-refractivity contribution in [3.63, 3.8) is 0 Å². The highest BCUT2D eigenvalue weighted by atomic mass is 35.5. The molecule has 1 unspecified atom stereocenters. The van der Waals surface area contributed by atoms with Crippen LogP contribution in [-0.2, 0) is 10.0 Å². The Morgan fingerprint density at radius 2 is 1.50 bits per heavy atom. The third-order valence-corrected chi connectivity index (χ3v) is 4.33. The summed E-state index contributed by atoms with van der Waals surface area (Å²) in [5.74, 6) is 0. The number of benzene rings is 1. The lowest BCUT2D eigenvalue weighted by molar-refractivity contribution is -0.250. The molecule has 1 aromatic rings. The van der Waals surface area contributed by atoms with Gasteiger partial charge in [0.1, 0.15) is 0 Å². The van der Waals surface area contributed by atoms with E-state index in [2.05, 4.69) is 0 Å². The van der Waals surface area contributed by atoms with Crippen LogP contribution in [0.1, 0.15) is 12.5 Å². The Bertz CT molecular complexity index is 493. The summed E-state index contributed by atoms with van der Waals surface area (Å²) in [6.45, 7) is 6.01. The third-order valence-electron chi connectivity index (χ3n) is 2.68. The fraction of sp³-hybridized carbons (Fsp3) is 0.500. The Morgan fingerprint density at radius 3 is 1.80 bits per heavy atom. The molecule has 8 heteroatoms. The van der Waals surface area contributed by atoms with Crippen LogP contribution in [0.15, 0.2) is 12.1 Å². The monoisotopic (exact) mass is 345 g/mol. The number of nitrogen functional groups attached to an aromatic ring is 1. The molecule has 0 saturated heterocycles. The minimum atomic E-state index is -4.60. The first-order valence-corrected chi connectivity index (χ1v) is 9.96.